The van der Waals surface area contributed by atoms with Gasteiger partial charge in [-0.25, -0.2) is 4.98 Å². The first kappa shape index (κ1) is 18.3. The summed E-state index contributed by atoms with van der Waals surface area (Å²) in [5.41, 5.74) is 0.921. The van der Waals surface area contributed by atoms with E-state index in [1.165, 1.54) is 16.0 Å². The summed E-state index contributed by atoms with van der Waals surface area (Å²) in [5.74, 6) is -0.453. The number of nitrogens with zero attached hydrogens (tertiary/aromatic N) is 4. The lowest BCUT2D eigenvalue weighted by atomic mass is 9.87. The normalized spacial score (nSPS) is 21.5. The molecule has 6 heteroatoms. The number of aromatic nitrogens is 1. The summed E-state index contributed by atoms with van der Waals surface area (Å²) in [6.07, 6.45) is 3.48. The van der Waals surface area contributed by atoms with E-state index < -0.39 is 5.54 Å². The number of nitriles is 1. The fourth-order valence-electron chi connectivity index (χ4n) is 3.27. The summed E-state index contributed by atoms with van der Waals surface area (Å²) in [6, 6.07) is 15.0. The molecule has 0 spiro atoms. The van der Waals surface area contributed by atoms with Crippen molar-refractivity contribution in [1.82, 2.24) is 14.8 Å². The average molecular weight is 360 g/mol. The lowest BCUT2D eigenvalue weighted by Gasteiger charge is -2.45. The maximum Gasteiger partial charge on any atom is 0.271 e. The molecule has 1 aromatic heterocycles. The second kappa shape index (κ2) is 7.04. The Morgan fingerprint density at radius 1 is 1.15 bits per heavy atom. The van der Waals surface area contributed by atoms with Crippen LogP contribution < -0.4 is 0 Å². The Morgan fingerprint density at radius 3 is 2.52 bits per heavy atom. The van der Waals surface area contributed by atoms with Crippen LogP contribution >= 0.6 is 0 Å². The highest BCUT2D eigenvalue weighted by molar-refractivity contribution is 6.08. The molecule has 0 aliphatic carbocycles. The number of amides is 2. The van der Waals surface area contributed by atoms with Crippen LogP contribution in [0.1, 0.15) is 23.7 Å². The Hall–Kier alpha value is -3.46. The number of carbonyl (C=O) groups excluding carboxylic acids is 2. The Labute approximate surface area is 158 Å². The zero-order valence-corrected chi connectivity index (χ0v) is 15.5. The molecule has 1 fully saturated rings. The fraction of sp³-hybridized carbons (Fsp3) is 0.238. The number of hydrogen-bond acceptors (Lipinski definition) is 4. The lowest BCUT2D eigenvalue weighted by Crippen LogP contribution is -2.64. The summed E-state index contributed by atoms with van der Waals surface area (Å²) >= 11 is 0. The van der Waals surface area contributed by atoms with E-state index in [0.717, 1.165) is 5.56 Å². The molecule has 1 aliphatic rings. The molecule has 1 unspecified atom stereocenters. The van der Waals surface area contributed by atoms with Crippen molar-refractivity contribution in [2.75, 3.05) is 14.1 Å². The highest BCUT2D eigenvalue weighted by Crippen LogP contribution is 2.31. The van der Waals surface area contributed by atoms with Crippen LogP contribution in [0.4, 0.5) is 0 Å². The van der Waals surface area contributed by atoms with Crippen LogP contribution in [0.5, 0.6) is 0 Å². The first-order valence-corrected chi connectivity index (χ1v) is 8.55. The molecule has 0 bridgehead atoms. The Morgan fingerprint density at radius 2 is 1.85 bits per heavy atom. The number of benzene rings is 1. The third-order valence-electron chi connectivity index (χ3n) is 5.02. The summed E-state index contributed by atoms with van der Waals surface area (Å²) in [4.78, 5) is 33.1. The molecule has 3 rings (SSSR count). The van der Waals surface area contributed by atoms with Crippen LogP contribution in [0.15, 0.2) is 54.4 Å². The molecule has 6 nitrogen and oxygen atoms in total. The zero-order chi connectivity index (χ0) is 19.6. The second-order valence-corrected chi connectivity index (χ2v) is 6.75. The standard InChI is InChI=1S/C21H20N4O2/c1-21(13-15-8-5-4-6-9-15)20(27)24(2)18(19(26)25(21)3)12-16-10-7-11-23-17(16)14-22/h4-12H,13H2,1-3H3/b18-12-. The summed E-state index contributed by atoms with van der Waals surface area (Å²) < 4.78 is 0. The Kier molecular flexibility index (Phi) is 4.78. The summed E-state index contributed by atoms with van der Waals surface area (Å²) in [7, 11) is 3.23. The van der Waals surface area contributed by atoms with Gasteiger partial charge in [0.2, 0.25) is 0 Å². The average Bonchev–Trinajstić information content (AvgIpc) is 2.69. The van der Waals surface area contributed by atoms with E-state index >= 15 is 0 Å². The highest BCUT2D eigenvalue weighted by atomic mass is 16.2. The van der Waals surface area contributed by atoms with Gasteiger partial charge < -0.3 is 9.80 Å². The van der Waals surface area contributed by atoms with Gasteiger partial charge in [-0.3, -0.25) is 9.59 Å². The summed E-state index contributed by atoms with van der Waals surface area (Å²) in [5, 5.41) is 9.21. The van der Waals surface area contributed by atoms with E-state index in [1.54, 1.807) is 39.2 Å². The van der Waals surface area contributed by atoms with Crippen LogP contribution in [0.25, 0.3) is 6.08 Å². The molecule has 0 saturated carbocycles. The maximum absolute atomic E-state index is 13.2. The number of likely N-dealkylation sites (N-methyl/N-ethyl adjacent to an activating group) is 2. The van der Waals surface area contributed by atoms with Gasteiger partial charge in [-0.05, 0) is 24.6 Å². The summed E-state index contributed by atoms with van der Waals surface area (Å²) in [6.45, 7) is 1.78. The molecule has 0 radical (unpaired) electrons. The largest absolute Gasteiger partial charge is 0.326 e. The minimum Gasteiger partial charge on any atom is -0.326 e. The van der Waals surface area contributed by atoms with E-state index in [-0.39, 0.29) is 23.2 Å². The predicted octanol–water partition coefficient (Wildman–Crippen LogP) is 2.23. The third kappa shape index (κ3) is 3.20. The van der Waals surface area contributed by atoms with Gasteiger partial charge in [0.1, 0.15) is 23.0 Å². The third-order valence-corrected chi connectivity index (χ3v) is 5.02. The van der Waals surface area contributed by atoms with Gasteiger partial charge in [-0.2, -0.15) is 5.26 Å². The van der Waals surface area contributed by atoms with Crippen LogP contribution in [-0.2, 0) is 16.0 Å². The first-order chi connectivity index (χ1) is 12.9. The Balaban J connectivity index is 2.00. The molecule has 1 aliphatic heterocycles. The predicted molar refractivity (Wildman–Crippen MR) is 101 cm³/mol. The van der Waals surface area contributed by atoms with Crippen LogP contribution in [0.3, 0.4) is 0 Å². The highest BCUT2D eigenvalue weighted by Gasteiger charge is 2.48. The van der Waals surface area contributed by atoms with E-state index in [1.807, 2.05) is 36.4 Å². The number of pyridine rings is 1. The SMILES string of the molecule is CN1C(=O)C(C)(Cc2ccccc2)N(C)C(=O)/C1=C/c1cccnc1C#N. The van der Waals surface area contributed by atoms with E-state index in [2.05, 4.69) is 4.98 Å². The van der Waals surface area contributed by atoms with Crippen molar-refractivity contribution < 1.29 is 9.59 Å². The van der Waals surface area contributed by atoms with Gasteiger partial charge in [0.25, 0.3) is 11.8 Å². The molecule has 2 heterocycles. The minimum absolute atomic E-state index is 0.179. The van der Waals surface area contributed by atoms with E-state index in [9.17, 15) is 14.9 Å². The number of piperazine rings is 1. The monoisotopic (exact) mass is 360 g/mol. The van der Waals surface area contributed by atoms with Crippen molar-refractivity contribution in [1.29, 1.82) is 5.26 Å². The second-order valence-electron chi connectivity index (χ2n) is 6.75. The molecule has 0 N–H and O–H groups in total. The smallest absolute Gasteiger partial charge is 0.271 e. The molecule has 1 saturated heterocycles. The quantitative estimate of drug-likeness (QED) is 0.787. The number of hydrogen-bond donors (Lipinski definition) is 0. The van der Waals surface area contributed by atoms with Gasteiger partial charge in [0.05, 0.1) is 0 Å². The number of carbonyl (C=O) groups is 2. The van der Waals surface area contributed by atoms with Gasteiger partial charge in [0.15, 0.2) is 0 Å². The molecule has 1 aromatic carbocycles. The van der Waals surface area contributed by atoms with Gasteiger partial charge in [-0.1, -0.05) is 36.4 Å². The van der Waals surface area contributed by atoms with Crippen LogP contribution in [-0.4, -0.2) is 46.2 Å². The van der Waals surface area contributed by atoms with Gasteiger partial charge in [0, 0.05) is 32.3 Å². The molecule has 136 valence electrons. The minimum atomic E-state index is -0.989. The van der Waals surface area contributed by atoms with E-state index in [0.29, 0.717) is 12.0 Å². The van der Waals surface area contributed by atoms with Crippen molar-refractivity contribution in [3.8, 4) is 6.07 Å². The molecular weight excluding hydrogens is 340 g/mol. The van der Waals surface area contributed by atoms with Crippen molar-refractivity contribution in [3.63, 3.8) is 0 Å². The molecular formula is C21H20N4O2. The maximum atomic E-state index is 13.2. The van der Waals surface area contributed by atoms with Crippen molar-refractivity contribution in [3.05, 3.63) is 71.2 Å². The lowest BCUT2D eigenvalue weighted by molar-refractivity contribution is -0.155. The molecule has 2 amide bonds. The fourth-order valence-corrected chi connectivity index (χ4v) is 3.27. The first-order valence-electron chi connectivity index (χ1n) is 8.55. The zero-order valence-electron chi connectivity index (χ0n) is 15.5. The molecule has 27 heavy (non-hydrogen) atoms. The van der Waals surface area contributed by atoms with Crippen molar-refractivity contribution in [2.24, 2.45) is 0 Å². The molecule has 1 atom stereocenters. The number of rotatable bonds is 3. The van der Waals surface area contributed by atoms with Crippen molar-refractivity contribution >= 4 is 17.9 Å². The van der Waals surface area contributed by atoms with Crippen LogP contribution in [0.2, 0.25) is 0 Å². The van der Waals surface area contributed by atoms with E-state index in [4.69, 9.17) is 0 Å². The van der Waals surface area contributed by atoms with Crippen LogP contribution in [0, 0.1) is 11.3 Å². The topological polar surface area (TPSA) is 77.3 Å². The van der Waals surface area contributed by atoms with Gasteiger partial charge in [-0.15, -0.1) is 0 Å². The van der Waals surface area contributed by atoms with Gasteiger partial charge >= 0.3 is 0 Å². The molecule has 2 aromatic rings. The van der Waals surface area contributed by atoms with Crippen molar-refractivity contribution in [2.45, 2.75) is 18.9 Å². The Bertz CT molecular complexity index is 962.